The third-order valence-corrected chi connectivity index (χ3v) is 3.21. The molecule has 3 nitrogen and oxygen atoms in total. The third-order valence-electron chi connectivity index (χ3n) is 3.21. The third kappa shape index (κ3) is 4.19. The van der Waals surface area contributed by atoms with E-state index in [4.69, 9.17) is 0 Å². The lowest BCUT2D eigenvalue weighted by atomic mass is 10.1. The summed E-state index contributed by atoms with van der Waals surface area (Å²) in [5.41, 5.74) is 0.963. The van der Waals surface area contributed by atoms with E-state index < -0.39 is 0 Å². The first kappa shape index (κ1) is 15.3. The summed E-state index contributed by atoms with van der Waals surface area (Å²) in [5, 5.41) is 3.38. The van der Waals surface area contributed by atoms with Crippen molar-refractivity contribution in [2.75, 3.05) is 19.6 Å². The average molecular weight is 274 g/mol. The van der Waals surface area contributed by atoms with Crippen LogP contribution >= 0.6 is 12.4 Å². The van der Waals surface area contributed by atoms with Crippen molar-refractivity contribution >= 4 is 12.4 Å². The van der Waals surface area contributed by atoms with Crippen LogP contribution in [-0.4, -0.2) is 35.6 Å². The van der Waals surface area contributed by atoms with Gasteiger partial charge in [0.2, 0.25) is 0 Å². The van der Waals surface area contributed by atoms with Gasteiger partial charge in [-0.25, -0.2) is 4.39 Å². The van der Waals surface area contributed by atoms with Gasteiger partial charge >= 0.3 is 0 Å². The van der Waals surface area contributed by atoms with E-state index in [2.05, 4.69) is 22.1 Å². The van der Waals surface area contributed by atoms with E-state index in [1.54, 1.807) is 12.3 Å². The van der Waals surface area contributed by atoms with Gasteiger partial charge < -0.3 is 5.32 Å². The summed E-state index contributed by atoms with van der Waals surface area (Å²) < 4.78 is 13.1. The van der Waals surface area contributed by atoms with Crippen molar-refractivity contribution in [1.82, 2.24) is 15.2 Å². The molecule has 1 unspecified atom stereocenters. The van der Waals surface area contributed by atoms with Crippen LogP contribution in [0.4, 0.5) is 4.39 Å². The molecule has 2 rings (SSSR count). The number of rotatable bonds is 5. The zero-order valence-electron chi connectivity index (χ0n) is 10.7. The van der Waals surface area contributed by atoms with Crippen molar-refractivity contribution in [3.63, 3.8) is 0 Å². The van der Waals surface area contributed by atoms with Crippen molar-refractivity contribution in [2.45, 2.75) is 32.4 Å². The summed E-state index contributed by atoms with van der Waals surface area (Å²) in [5.74, 6) is -0.247. The lowest BCUT2D eigenvalue weighted by molar-refractivity contribution is 0.199. The lowest BCUT2D eigenvalue weighted by Crippen LogP contribution is -2.36. The molecule has 0 aromatic carbocycles. The molecule has 0 amide bonds. The zero-order valence-corrected chi connectivity index (χ0v) is 11.5. The predicted octanol–water partition coefficient (Wildman–Crippen LogP) is 2.22. The van der Waals surface area contributed by atoms with Gasteiger partial charge in [0.1, 0.15) is 5.82 Å². The highest BCUT2D eigenvalue weighted by Gasteiger charge is 2.21. The SMILES string of the molecule is CCCN(Cc1cncc(F)c1)C1CCNC1.Cl. The highest BCUT2D eigenvalue weighted by Crippen LogP contribution is 2.14. The fourth-order valence-corrected chi connectivity index (χ4v) is 2.41. The molecule has 18 heavy (non-hydrogen) atoms. The molecular formula is C13H21ClFN3. The Bertz CT molecular complexity index is 356. The van der Waals surface area contributed by atoms with E-state index in [1.165, 1.54) is 12.6 Å². The molecule has 102 valence electrons. The van der Waals surface area contributed by atoms with Crippen LogP contribution in [0.25, 0.3) is 0 Å². The molecule has 1 N–H and O–H groups in total. The second-order valence-corrected chi connectivity index (χ2v) is 4.63. The molecule has 0 aliphatic carbocycles. The van der Waals surface area contributed by atoms with E-state index in [9.17, 15) is 4.39 Å². The minimum atomic E-state index is -0.247. The van der Waals surface area contributed by atoms with Crippen LogP contribution in [0.5, 0.6) is 0 Å². The highest BCUT2D eigenvalue weighted by atomic mass is 35.5. The molecule has 0 bridgehead atoms. The first-order chi connectivity index (χ1) is 8.29. The maximum absolute atomic E-state index is 13.1. The van der Waals surface area contributed by atoms with Gasteiger partial charge in [0, 0.05) is 25.3 Å². The molecule has 1 aliphatic rings. The smallest absolute Gasteiger partial charge is 0.141 e. The Balaban J connectivity index is 0.00000162. The Morgan fingerprint density at radius 2 is 2.33 bits per heavy atom. The largest absolute Gasteiger partial charge is 0.315 e. The molecule has 0 saturated carbocycles. The monoisotopic (exact) mass is 273 g/mol. The van der Waals surface area contributed by atoms with Crippen molar-refractivity contribution in [3.8, 4) is 0 Å². The van der Waals surface area contributed by atoms with Crippen molar-refractivity contribution in [1.29, 1.82) is 0 Å². The molecule has 1 atom stereocenters. The van der Waals surface area contributed by atoms with Gasteiger partial charge in [0.05, 0.1) is 6.20 Å². The average Bonchev–Trinajstić information content (AvgIpc) is 2.82. The molecule has 2 heterocycles. The summed E-state index contributed by atoms with van der Waals surface area (Å²) in [6, 6.07) is 2.16. The van der Waals surface area contributed by atoms with E-state index in [0.717, 1.165) is 38.2 Å². The molecule has 0 spiro atoms. The van der Waals surface area contributed by atoms with Crippen LogP contribution in [0.2, 0.25) is 0 Å². The molecule has 0 radical (unpaired) electrons. The molecule has 1 aliphatic heterocycles. The summed E-state index contributed by atoms with van der Waals surface area (Å²) in [6.07, 6.45) is 5.32. The maximum atomic E-state index is 13.1. The Morgan fingerprint density at radius 1 is 1.50 bits per heavy atom. The van der Waals surface area contributed by atoms with Gasteiger partial charge in [-0.05, 0) is 37.6 Å². The lowest BCUT2D eigenvalue weighted by Gasteiger charge is -2.27. The van der Waals surface area contributed by atoms with E-state index in [-0.39, 0.29) is 18.2 Å². The van der Waals surface area contributed by atoms with Gasteiger partial charge in [-0.15, -0.1) is 12.4 Å². The molecule has 1 saturated heterocycles. The second-order valence-electron chi connectivity index (χ2n) is 4.63. The zero-order chi connectivity index (χ0) is 12.1. The minimum Gasteiger partial charge on any atom is -0.315 e. The maximum Gasteiger partial charge on any atom is 0.141 e. The van der Waals surface area contributed by atoms with Crippen molar-refractivity contribution in [3.05, 3.63) is 29.8 Å². The van der Waals surface area contributed by atoms with Gasteiger partial charge in [-0.3, -0.25) is 9.88 Å². The summed E-state index contributed by atoms with van der Waals surface area (Å²) in [6.45, 7) is 6.17. The Morgan fingerprint density at radius 3 is 2.94 bits per heavy atom. The standard InChI is InChI=1S/C13H20FN3.ClH/c1-2-5-17(13-3-4-15-9-13)10-11-6-12(14)8-16-7-11;/h6-8,13,15H,2-5,9-10H2,1H3;1H. The number of nitrogens with one attached hydrogen (secondary N) is 1. The molecule has 5 heteroatoms. The topological polar surface area (TPSA) is 28.2 Å². The normalized spacial score (nSPS) is 18.9. The molecular weight excluding hydrogens is 253 g/mol. The van der Waals surface area contributed by atoms with E-state index in [1.807, 2.05) is 0 Å². The van der Waals surface area contributed by atoms with Crippen LogP contribution in [0, 0.1) is 5.82 Å². The molecule has 1 aromatic heterocycles. The first-order valence-electron chi connectivity index (χ1n) is 6.33. The minimum absolute atomic E-state index is 0. The number of halogens is 2. The number of aromatic nitrogens is 1. The predicted molar refractivity (Wildman–Crippen MR) is 73.4 cm³/mol. The van der Waals surface area contributed by atoms with Gasteiger partial charge in [0.25, 0.3) is 0 Å². The molecule has 1 fully saturated rings. The Labute approximate surface area is 114 Å². The summed E-state index contributed by atoms with van der Waals surface area (Å²) >= 11 is 0. The van der Waals surface area contributed by atoms with Crippen molar-refractivity contribution in [2.24, 2.45) is 0 Å². The van der Waals surface area contributed by atoms with Gasteiger partial charge in [-0.1, -0.05) is 6.92 Å². The van der Waals surface area contributed by atoms with Crippen LogP contribution in [0.3, 0.4) is 0 Å². The fourth-order valence-electron chi connectivity index (χ4n) is 2.41. The second kappa shape index (κ2) is 7.67. The van der Waals surface area contributed by atoms with Crippen LogP contribution in [-0.2, 0) is 6.54 Å². The number of pyridine rings is 1. The van der Waals surface area contributed by atoms with Gasteiger partial charge in [-0.2, -0.15) is 0 Å². The fraction of sp³-hybridized carbons (Fsp3) is 0.615. The van der Waals surface area contributed by atoms with Crippen molar-refractivity contribution < 1.29 is 4.39 Å². The van der Waals surface area contributed by atoms with Gasteiger partial charge in [0.15, 0.2) is 0 Å². The quantitative estimate of drug-likeness (QED) is 0.892. The molecule has 1 aromatic rings. The van der Waals surface area contributed by atoms with Crippen LogP contribution in [0.15, 0.2) is 18.5 Å². The van der Waals surface area contributed by atoms with Crippen LogP contribution in [0.1, 0.15) is 25.3 Å². The summed E-state index contributed by atoms with van der Waals surface area (Å²) in [7, 11) is 0. The number of nitrogens with zero attached hydrogens (tertiary/aromatic N) is 2. The first-order valence-corrected chi connectivity index (χ1v) is 6.33. The highest BCUT2D eigenvalue weighted by molar-refractivity contribution is 5.85. The number of hydrogen-bond donors (Lipinski definition) is 1. The number of hydrogen-bond acceptors (Lipinski definition) is 3. The van der Waals surface area contributed by atoms with E-state index in [0.29, 0.717) is 6.04 Å². The van der Waals surface area contributed by atoms with Crippen LogP contribution < -0.4 is 5.32 Å². The van der Waals surface area contributed by atoms with E-state index >= 15 is 0 Å². The Hall–Kier alpha value is -0.710. The summed E-state index contributed by atoms with van der Waals surface area (Å²) in [4.78, 5) is 6.33. The Kier molecular flexibility index (Phi) is 6.54.